The van der Waals surface area contributed by atoms with Crippen molar-refractivity contribution in [1.29, 1.82) is 0 Å². The summed E-state index contributed by atoms with van der Waals surface area (Å²) in [5.74, 6) is -0.468. The standard InChI is InChI=1S/C2H4BNO/c3-1-2(4)5/h1H2,(H2,4,5). The van der Waals surface area contributed by atoms with Crippen LogP contribution in [0.5, 0.6) is 0 Å². The molecule has 0 aliphatic heterocycles. The van der Waals surface area contributed by atoms with E-state index in [1.807, 2.05) is 0 Å². The Morgan fingerprint density at radius 2 is 2.20 bits per heavy atom. The maximum Gasteiger partial charge on any atom is 0.208 e. The molecule has 0 bridgehead atoms. The highest BCUT2D eigenvalue weighted by atomic mass is 16.1. The molecule has 1 amide bonds. The Kier molecular flexibility index (Phi) is 1.65. The molecule has 2 nitrogen and oxygen atoms in total. The van der Waals surface area contributed by atoms with Crippen molar-refractivity contribution in [3.05, 3.63) is 0 Å². The third kappa shape index (κ3) is 3.53. The first-order valence-electron chi connectivity index (χ1n) is 1.25. The van der Waals surface area contributed by atoms with Crippen molar-refractivity contribution in [2.24, 2.45) is 5.73 Å². The Hall–Kier alpha value is -0.465. The second-order valence-corrected chi connectivity index (χ2v) is 0.670. The van der Waals surface area contributed by atoms with Crippen LogP contribution < -0.4 is 5.73 Å². The van der Waals surface area contributed by atoms with Gasteiger partial charge in [-0.3, -0.25) is 4.79 Å². The minimum atomic E-state index is -0.468. The molecule has 0 heterocycles. The molecule has 0 aromatic rings. The van der Waals surface area contributed by atoms with Gasteiger partial charge in [-0.25, -0.2) is 0 Å². The van der Waals surface area contributed by atoms with Gasteiger partial charge in [-0.2, -0.15) is 0 Å². The molecule has 0 aliphatic carbocycles. The lowest BCUT2D eigenvalue weighted by Gasteiger charge is -1.73. The molecular formula is C2H4BNO. The fraction of sp³-hybridized carbons (Fsp3) is 0.500. The first-order valence-corrected chi connectivity index (χ1v) is 1.25. The number of carbonyl (C=O) groups is 1. The molecule has 3 heteroatoms. The lowest BCUT2D eigenvalue weighted by Crippen LogP contribution is -2.07. The normalized spacial score (nSPS) is 7.20. The minimum Gasteiger partial charge on any atom is -0.370 e. The monoisotopic (exact) mass is 69.0 g/mol. The van der Waals surface area contributed by atoms with E-state index in [4.69, 9.17) is 7.85 Å². The number of amides is 1. The SMILES string of the molecule is [B]CC(N)=O. The highest BCUT2D eigenvalue weighted by Gasteiger charge is 1.77. The van der Waals surface area contributed by atoms with Gasteiger partial charge in [0.2, 0.25) is 5.91 Å². The van der Waals surface area contributed by atoms with E-state index in [-0.39, 0.29) is 6.32 Å². The van der Waals surface area contributed by atoms with Crippen molar-refractivity contribution in [2.45, 2.75) is 6.32 Å². The van der Waals surface area contributed by atoms with Gasteiger partial charge in [0.15, 0.2) is 0 Å². The largest absolute Gasteiger partial charge is 0.370 e. The summed E-state index contributed by atoms with van der Waals surface area (Å²) in [4.78, 5) is 9.47. The molecule has 0 fully saturated rings. The quantitative estimate of drug-likeness (QED) is 0.396. The summed E-state index contributed by atoms with van der Waals surface area (Å²) < 4.78 is 0. The Balaban J connectivity index is 2.85. The first kappa shape index (κ1) is 4.53. The molecule has 0 rings (SSSR count). The van der Waals surface area contributed by atoms with E-state index in [9.17, 15) is 4.79 Å². The van der Waals surface area contributed by atoms with Crippen LogP contribution in [0.25, 0.3) is 0 Å². The van der Waals surface area contributed by atoms with Gasteiger partial charge in [-0.1, -0.05) is 0 Å². The summed E-state index contributed by atoms with van der Waals surface area (Å²) in [5.41, 5.74) is 4.53. The highest BCUT2D eigenvalue weighted by molar-refractivity contribution is 6.19. The average molecular weight is 68.9 g/mol. The lowest BCUT2D eigenvalue weighted by molar-refractivity contribution is -0.115. The zero-order valence-corrected chi connectivity index (χ0v) is 2.77. The minimum absolute atomic E-state index is 0.0556. The van der Waals surface area contributed by atoms with Gasteiger partial charge in [-0.15, -0.1) is 0 Å². The Bertz CT molecular complexity index is 44.9. The molecule has 26 valence electrons. The van der Waals surface area contributed by atoms with Crippen molar-refractivity contribution in [2.75, 3.05) is 0 Å². The zero-order chi connectivity index (χ0) is 4.28. The number of primary amides is 1. The van der Waals surface area contributed by atoms with Crippen LogP contribution in [0.4, 0.5) is 0 Å². The number of hydrogen-bond donors (Lipinski definition) is 1. The van der Waals surface area contributed by atoms with Crippen molar-refractivity contribution in [3.63, 3.8) is 0 Å². The van der Waals surface area contributed by atoms with E-state index in [0.717, 1.165) is 0 Å². The zero-order valence-electron chi connectivity index (χ0n) is 2.77. The average Bonchev–Trinajstić information content (AvgIpc) is 1.38. The maximum atomic E-state index is 9.47. The third-order valence-electron chi connectivity index (χ3n) is 0.201. The molecule has 2 radical (unpaired) electrons. The van der Waals surface area contributed by atoms with Gasteiger partial charge in [0.25, 0.3) is 0 Å². The summed E-state index contributed by atoms with van der Waals surface area (Å²) in [7, 11) is 4.70. The number of hydrogen-bond acceptors (Lipinski definition) is 1. The molecule has 0 saturated carbocycles. The Morgan fingerprint density at radius 1 is 2.00 bits per heavy atom. The molecule has 2 N–H and O–H groups in total. The van der Waals surface area contributed by atoms with E-state index < -0.39 is 5.91 Å². The van der Waals surface area contributed by atoms with Crippen LogP contribution >= 0.6 is 0 Å². The predicted octanol–water partition coefficient (Wildman–Crippen LogP) is -0.942. The summed E-state index contributed by atoms with van der Waals surface area (Å²) in [6.45, 7) is 0. The van der Waals surface area contributed by atoms with Crippen LogP contribution in [0.3, 0.4) is 0 Å². The summed E-state index contributed by atoms with van der Waals surface area (Å²) in [6.07, 6.45) is -0.0556. The van der Waals surface area contributed by atoms with Gasteiger partial charge in [0.05, 0.1) is 7.85 Å². The highest BCUT2D eigenvalue weighted by Crippen LogP contribution is 1.58. The van der Waals surface area contributed by atoms with Crippen LogP contribution in [-0.4, -0.2) is 13.8 Å². The van der Waals surface area contributed by atoms with E-state index in [0.29, 0.717) is 0 Å². The summed E-state index contributed by atoms with van der Waals surface area (Å²) >= 11 is 0. The molecule has 0 spiro atoms. The fourth-order valence-electron chi connectivity index (χ4n) is 0. The Labute approximate surface area is 31.8 Å². The number of carbonyl (C=O) groups excluding carboxylic acids is 1. The van der Waals surface area contributed by atoms with Crippen LogP contribution in [0.15, 0.2) is 0 Å². The second-order valence-electron chi connectivity index (χ2n) is 0.670. The smallest absolute Gasteiger partial charge is 0.208 e. The maximum absolute atomic E-state index is 9.47. The molecule has 0 aliphatic rings. The molecule has 0 saturated heterocycles. The van der Waals surface area contributed by atoms with Crippen molar-refractivity contribution in [1.82, 2.24) is 0 Å². The number of nitrogens with two attached hydrogens (primary N) is 1. The van der Waals surface area contributed by atoms with Gasteiger partial charge >= 0.3 is 0 Å². The van der Waals surface area contributed by atoms with Gasteiger partial charge in [-0.05, 0) is 6.32 Å². The van der Waals surface area contributed by atoms with Gasteiger partial charge < -0.3 is 5.73 Å². The van der Waals surface area contributed by atoms with Crippen LogP contribution in [0, 0.1) is 0 Å². The van der Waals surface area contributed by atoms with Gasteiger partial charge in [0.1, 0.15) is 0 Å². The Morgan fingerprint density at radius 3 is 2.20 bits per heavy atom. The number of rotatable bonds is 1. The second kappa shape index (κ2) is 1.82. The third-order valence-corrected chi connectivity index (χ3v) is 0.201. The lowest BCUT2D eigenvalue weighted by atomic mass is 10.1. The van der Waals surface area contributed by atoms with Crippen LogP contribution in [0.2, 0.25) is 6.32 Å². The molecule has 0 unspecified atom stereocenters. The van der Waals surface area contributed by atoms with Crippen molar-refractivity contribution >= 4 is 13.8 Å². The molecule has 0 aromatic carbocycles. The predicted molar refractivity (Wildman–Crippen MR) is 19.8 cm³/mol. The van der Waals surface area contributed by atoms with E-state index >= 15 is 0 Å². The summed E-state index contributed by atoms with van der Waals surface area (Å²) in [5, 5.41) is 0. The fourth-order valence-corrected chi connectivity index (χ4v) is 0. The van der Waals surface area contributed by atoms with Crippen LogP contribution in [-0.2, 0) is 4.79 Å². The first-order chi connectivity index (χ1) is 2.27. The molecule has 5 heavy (non-hydrogen) atoms. The molecular weight excluding hydrogens is 64.8 g/mol. The summed E-state index contributed by atoms with van der Waals surface area (Å²) in [6, 6.07) is 0. The van der Waals surface area contributed by atoms with Crippen molar-refractivity contribution < 1.29 is 4.79 Å². The topological polar surface area (TPSA) is 43.1 Å². The van der Waals surface area contributed by atoms with E-state index in [1.165, 1.54) is 0 Å². The van der Waals surface area contributed by atoms with Gasteiger partial charge in [0, 0.05) is 0 Å². The van der Waals surface area contributed by atoms with E-state index in [1.54, 1.807) is 0 Å². The molecule has 0 aromatic heterocycles. The molecule has 0 atom stereocenters. The van der Waals surface area contributed by atoms with Crippen LogP contribution in [0.1, 0.15) is 0 Å². The van der Waals surface area contributed by atoms with Crippen molar-refractivity contribution in [3.8, 4) is 0 Å². The van der Waals surface area contributed by atoms with E-state index in [2.05, 4.69) is 5.73 Å².